The van der Waals surface area contributed by atoms with Gasteiger partial charge in [-0.15, -0.1) is 0 Å². The van der Waals surface area contributed by atoms with Gasteiger partial charge in [-0.1, -0.05) is 65.7 Å². The number of imide groups is 1. The van der Waals surface area contributed by atoms with Gasteiger partial charge in [0, 0.05) is 0 Å². The van der Waals surface area contributed by atoms with Crippen LogP contribution in [-0.2, 0) is 29.5 Å². The molecule has 0 radical (unpaired) electrons. The predicted octanol–water partition coefficient (Wildman–Crippen LogP) is 0.617. The van der Waals surface area contributed by atoms with Gasteiger partial charge in [0.2, 0.25) is 0 Å². The minimum Gasteiger partial charge on any atom is -0.457 e. The fraction of sp³-hybridized carbons (Fsp3) is 0.273. The number of nitrogens with one attached hydrogen (secondary N) is 1. The number of benzene rings is 2. The molecule has 0 aliphatic carbocycles. The number of amides is 3. The number of rotatable bonds is 9. The Morgan fingerprint density at radius 3 is 1.88 bits per heavy atom. The lowest BCUT2D eigenvalue weighted by atomic mass is 9.83. The molecule has 0 saturated carbocycles. The quantitative estimate of drug-likeness (QED) is 0.379. The van der Waals surface area contributed by atoms with Crippen molar-refractivity contribution >= 4 is 23.9 Å². The van der Waals surface area contributed by atoms with Crippen LogP contribution in [0.3, 0.4) is 0 Å². The zero-order valence-corrected chi connectivity index (χ0v) is 17.0. The van der Waals surface area contributed by atoms with E-state index in [1.54, 1.807) is 60.7 Å². The largest absolute Gasteiger partial charge is 0.457 e. The molecule has 0 atom stereocenters. The van der Waals surface area contributed by atoms with E-state index in [-0.39, 0.29) is 0 Å². The number of carbonyl (C=O) groups is 4. The van der Waals surface area contributed by atoms with E-state index in [2.05, 4.69) is 5.32 Å². The summed E-state index contributed by atoms with van der Waals surface area (Å²) in [5, 5.41) is 20.8. The first-order valence-corrected chi connectivity index (χ1v) is 9.82. The van der Waals surface area contributed by atoms with E-state index in [9.17, 15) is 19.2 Å². The molecule has 3 rings (SSSR count). The number of aliphatic hydroxyl groups is 2. The highest BCUT2D eigenvalue weighted by Gasteiger charge is 2.55. The van der Waals surface area contributed by atoms with Crippen LogP contribution in [0.25, 0.3) is 0 Å². The average Bonchev–Trinajstić information content (AvgIpc) is 3.08. The number of aliphatic hydroxyl groups excluding tert-OH is 2. The molecule has 0 bridgehead atoms. The molecule has 3 amide bonds. The molecule has 32 heavy (non-hydrogen) atoms. The number of hydrogen-bond acceptors (Lipinski definition) is 8. The van der Waals surface area contributed by atoms with E-state index >= 15 is 0 Å². The van der Waals surface area contributed by atoms with Gasteiger partial charge < -0.3 is 25.1 Å². The summed E-state index contributed by atoms with van der Waals surface area (Å²) in [5.41, 5.74) is -0.634. The van der Waals surface area contributed by atoms with E-state index in [4.69, 9.17) is 19.8 Å². The van der Waals surface area contributed by atoms with Gasteiger partial charge in [-0.05, 0) is 11.1 Å². The maximum absolute atomic E-state index is 13.4. The van der Waals surface area contributed by atoms with Crippen molar-refractivity contribution in [3.05, 3.63) is 71.8 Å². The molecule has 10 heteroatoms. The summed E-state index contributed by atoms with van der Waals surface area (Å²) < 4.78 is 4.75. The molecule has 0 aromatic heterocycles. The molecule has 2 aromatic rings. The monoisotopic (exact) mass is 442 g/mol. The van der Waals surface area contributed by atoms with Gasteiger partial charge in [0.25, 0.3) is 5.91 Å². The summed E-state index contributed by atoms with van der Waals surface area (Å²) in [6.07, 6.45) is -2.01. The second-order valence-corrected chi connectivity index (χ2v) is 6.95. The molecule has 1 saturated heterocycles. The Balaban J connectivity index is 1.75. The van der Waals surface area contributed by atoms with E-state index in [0.29, 0.717) is 16.2 Å². The fourth-order valence-electron chi connectivity index (χ4n) is 3.26. The van der Waals surface area contributed by atoms with Gasteiger partial charge in [-0.25, -0.2) is 9.59 Å². The number of hydrogen-bond donors (Lipinski definition) is 3. The van der Waals surface area contributed by atoms with Crippen molar-refractivity contribution in [2.24, 2.45) is 0 Å². The Hall–Kier alpha value is -3.76. The molecule has 2 aromatic carbocycles. The van der Waals surface area contributed by atoms with Crippen LogP contribution in [-0.4, -0.2) is 58.5 Å². The highest BCUT2D eigenvalue weighted by Crippen LogP contribution is 2.36. The van der Waals surface area contributed by atoms with Crippen LogP contribution in [0.15, 0.2) is 60.7 Å². The fourth-order valence-corrected chi connectivity index (χ4v) is 3.26. The Labute approximate surface area is 183 Å². The van der Waals surface area contributed by atoms with E-state index in [1.165, 1.54) is 0 Å². The van der Waals surface area contributed by atoms with E-state index in [0.717, 1.165) is 0 Å². The highest BCUT2D eigenvalue weighted by atomic mass is 16.7. The third-order valence-corrected chi connectivity index (χ3v) is 4.83. The van der Waals surface area contributed by atoms with Gasteiger partial charge in [0.1, 0.15) is 6.10 Å². The maximum atomic E-state index is 13.4. The molecule has 1 aliphatic heterocycles. The zero-order chi connectivity index (χ0) is 23.1. The van der Waals surface area contributed by atoms with Crippen LogP contribution in [0.4, 0.5) is 4.79 Å². The van der Waals surface area contributed by atoms with Crippen molar-refractivity contribution in [3.8, 4) is 0 Å². The first-order chi connectivity index (χ1) is 15.4. The molecule has 1 aliphatic rings. The number of nitrogens with zero attached hydrogens (tertiary/aromatic N) is 1. The summed E-state index contributed by atoms with van der Waals surface area (Å²) >= 11 is 0. The Morgan fingerprint density at radius 2 is 1.38 bits per heavy atom. The molecule has 1 heterocycles. The van der Waals surface area contributed by atoms with Crippen molar-refractivity contribution in [1.29, 1.82) is 0 Å². The van der Waals surface area contributed by atoms with Gasteiger partial charge in [0.15, 0.2) is 5.54 Å². The van der Waals surface area contributed by atoms with Crippen molar-refractivity contribution in [2.45, 2.75) is 24.5 Å². The molecular formula is C22H22N2O8. The van der Waals surface area contributed by atoms with Gasteiger partial charge in [-0.2, -0.15) is 0 Å². The third kappa shape index (κ3) is 4.61. The smallest absolute Gasteiger partial charge is 0.359 e. The number of esters is 1. The van der Waals surface area contributed by atoms with Crippen LogP contribution < -0.4 is 5.32 Å². The lowest BCUT2D eigenvalue weighted by Crippen LogP contribution is -2.45. The predicted molar refractivity (Wildman–Crippen MR) is 108 cm³/mol. The Morgan fingerprint density at radius 1 is 0.875 bits per heavy atom. The molecule has 0 unspecified atom stereocenters. The summed E-state index contributed by atoms with van der Waals surface area (Å²) in [7, 11) is 0. The summed E-state index contributed by atoms with van der Waals surface area (Å²) in [5.74, 6) is -2.67. The lowest BCUT2D eigenvalue weighted by molar-refractivity contribution is -0.184. The minimum absolute atomic E-state index is 0.345. The second-order valence-electron chi connectivity index (χ2n) is 6.95. The van der Waals surface area contributed by atoms with Crippen LogP contribution in [0.2, 0.25) is 0 Å². The van der Waals surface area contributed by atoms with Gasteiger partial charge >= 0.3 is 18.0 Å². The lowest BCUT2D eigenvalue weighted by Gasteiger charge is -2.27. The Kier molecular flexibility index (Phi) is 7.18. The zero-order valence-electron chi connectivity index (χ0n) is 17.0. The summed E-state index contributed by atoms with van der Waals surface area (Å²) in [6.45, 7) is -1.15. The van der Waals surface area contributed by atoms with Crippen molar-refractivity contribution in [1.82, 2.24) is 10.4 Å². The molecule has 168 valence electrons. The number of hydroxylamine groups is 2. The summed E-state index contributed by atoms with van der Waals surface area (Å²) in [6, 6.07) is 16.1. The molecule has 10 nitrogen and oxygen atoms in total. The Bertz CT molecular complexity index is 936. The first-order valence-electron chi connectivity index (χ1n) is 9.82. The number of carbonyl (C=O) groups excluding carboxylic acids is 4. The van der Waals surface area contributed by atoms with Crippen LogP contribution in [0.1, 0.15) is 24.0 Å². The SMILES string of the molecule is O=C(CCC(=O)ON1C(=O)NC(c2ccccc2)(c2ccccc2)C1=O)OC(CO)CO. The highest BCUT2D eigenvalue weighted by molar-refractivity contribution is 6.09. The van der Waals surface area contributed by atoms with E-state index < -0.39 is 61.6 Å². The number of ether oxygens (including phenoxy) is 1. The van der Waals surface area contributed by atoms with Crippen LogP contribution >= 0.6 is 0 Å². The first kappa shape index (κ1) is 22.9. The van der Waals surface area contributed by atoms with Crippen molar-refractivity contribution in [2.75, 3.05) is 13.2 Å². The minimum atomic E-state index is -1.59. The number of urea groups is 1. The molecule has 1 fully saturated rings. The van der Waals surface area contributed by atoms with Crippen LogP contribution in [0.5, 0.6) is 0 Å². The molecule has 3 N–H and O–H groups in total. The topological polar surface area (TPSA) is 142 Å². The van der Waals surface area contributed by atoms with Crippen molar-refractivity contribution < 1.29 is 39.0 Å². The van der Waals surface area contributed by atoms with Crippen LogP contribution in [0, 0.1) is 0 Å². The second kappa shape index (κ2) is 10.0. The molecular weight excluding hydrogens is 420 g/mol. The van der Waals surface area contributed by atoms with Crippen molar-refractivity contribution in [3.63, 3.8) is 0 Å². The van der Waals surface area contributed by atoms with Gasteiger partial charge in [0.05, 0.1) is 26.1 Å². The summed E-state index contributed by atoms with van der Waals surface area (Å²) in [4.78, 5) is 54.8. The average molecular weight is 442 g/mol. The standard InChI is InChI=1S/C22H22N2O8/c25-13-17(14-26)31-18(27)11-12-19(28)32-24-20(29)22(23-21(24)30,15-7-3-1-4-8-15)16-9-5-2-6-10-16/h1-10,17,25-26H,11-14H2,(H,23,30). The van der Waals surface area contributed by atoms with Gasteiger partial charge in [-0.3, -0.25) is 9.59 Å². The maximum Gasteiger partial charge on any atom is 0.359 e. The normalized spacial score (nSPS) is 14.9. The molecule has 0 spiro atoms. The third-order valence-electron chi connectivity index (χ3n) is 4.83. The van der Waals surface area contributed by atoms with E-state index in [1.807, 2.05) is 0 Å².